The van der Waals surface area contributed by atoms with Gasteiger partial charge in [-0.3, -0.25) is 4.98 Å². The fraction of sp³-hybridized carbons (Fsp3) is 0.381. The minimum Gasteiger partial charge on any atom is -0.478 e. The maximum atomic E-state index is 11.7. The number of hydrogen-bond acceptors (Lipinski definition) is 7. The van der Waals surface area contributed by atoms with Gasteiger partial charge >= 0.3 is 5.97 Å². The van der Waals surface area contributed by atoms with Gasteiger partial charge < -0.3 is 24.8 Å². The summed E-state index contributed by atoms with van der Waals surface area (Å²) in [4.78, 5) is 22.7. The van der Waals surface area contributed by atoms with Crippen molar-refractivity contribution >= 4 is 45.1 Å². The molecule has 0 radical (unpaired) electrons. The van der Waals surface area contributed by atoms with Crippen LogP contribution in [0, 0.1) is 0 Å². The summed E-state index contributed by atoms with van der Waals surface area (Å²) < 4.78 is 10.4. The molecular weight excluding hydrogens is 408 g/mol. The molecule has 3 aromatic rings. The van der Waals surface area contributed by atoms with Crippen LogP contribution in [-0.2, 0) is 9.47 Å². The Morgan fingerprint density at radius 3 is 2.43 bits per heavy atom. The molecule has 2 aromatic heterocycles. The molecule has 2 fully saturated rings. The van der Waals surface area contributed by atoms with Gasteiger partial charge in [-0.1, -0.05) is 11.6 Å². The number of anilines is 1. The third kappa shape index (κ3) is 4.46. The zero-order chi connectivity index (χ0) is 20.9. The SMILES string of the molecule is C1COCCN1.O=C(O)c1cncc2c(N3CCOCC3)nc3ccc(Cl)cc3c12. The number of benzene rings is 1. The number of pyridine rings is 2. The number of morpholine rings is 2. The standard InChI is InChI=1S/C17H14ClN3O3.C4H9NO/c18-10-1-2-14-11(7-10)15-12(8-19-9-13(15)17(22)23)16(20-14)21-3-5-24-6-4-21;1-3-6-4-2-5-1/h1-2,7-9H,3-6H2,(H,22,23);5H,1-4H2. The van der Waals surface area contributed by atoms with E-state index in [0.717, 1.165) is 32.1 Å². The second-order valence-electron chi connectivity index (χ2n) is 6.97. The van der Waals surface area contributed by atoms with Crippen molar-refractivity contribution in [2.75, 3.05) is 57.5 Å². The summed E-state index contributed by atoms with van der Waals surface area (Å²) in [6.45, 7) is 6.48. The van der Waals surface area contributed by atoms with Gasteiger partial charge in [-0.05, 0) is 18.2 Å². The summed E-state index contributed by atoms with van der Waals surface area (Å²) in [7, 11) is 0. The van der Waals surface area contributed by atoms with Crippen molar-refractivity contribution in [2.45, 2.75) is 0 Å². The highest BCUT2D eigenvalue weighted by atomic mass is 35.5. The predicted molar refractivity (Wildman–Crippen MR) is 116 cm³/mol. The number of carbonyl (C=O) groups is 1. The second kappa shape index (κ2) is 9.53. The van der Waals surface area contributed by atoms with Gasteiger partial charge in [-0.25, -0.2) is 9.78 Å². The molecule has 0 bridgehead atoms. The zero-order valence-electron chi connectivity index (χ0n) is 16.4. The molecule has 4 heterocycles. The van der Waals surface area contributed by atoms with Gasteiger partial charge in [-0.2, -0.15) is 0 Å². The molecule has 8 nitrogen and oxygen atoms in total. The molecule has 2 aliphatic rings. The Morgan fingerprint density at radius 2 is 1.80 bits per heavy atom. The topological polar surface area (TPSA) is 96.8 Å². The lowest BCUT2D eigenvalue weighted by Crippen LogP contribution is -2.37. The highest BCUT2D eigenvalue weighted by Gasteiger charge is 2.21. The first-order valence-corrected chi connectivity index (χ1v) is 10.2. The fourth-order valence-corrected chi connectivity index (χ4v) is 3.77. The van der Waals surface area contributed by atoms with E-state index in [-0.39, 0.29) is 5.56 Å². The number of fused-ring (bicyclic) bond motifs is 3. The molecule has 0 aliphatic carbocycles. The Hall–Kier alpha value is -2.52. The van der Waals surface area contributed by atoms with Crippen LogP contribution in [0.2, 0.25) is 5.02 Å². The number of carboxylic acid groups (broad SMARTS) is 1. The number of nitrogens with zero attached hydrogens (tertiary/aromatic N) is 3. The number of carboxylic acids is 1. The maximum Gasteiger partial charge on any atom is 0.337 e. The minimum atomic E-state index is -1.02. The molecule has 0 unspecified atom stereocenters. The first kappa shape index (κ1) is 20.7. The third-order valence-electron chi connectivity index (χ3n) is 5.03. The molecule has 1 aromatic carbocycles. The van der Waals surface area contributed by atoms with Crippen LogP contribution in [0.25, 0.3) is 21.7 Å². The maximum absolute atomic E-state index is 11.7. The summed E-state index contributed by atoms with van der Waals surface area (Å²) >= 11 is 6.12. The number of halogens is 1. The molecule has 9 heteroatoms. The van der Waals surface area contributed by atoms with Crippen LogP contribution in [-0.4, -0.2) is 73.7 Å². The van der Waals surface area contributed by atoms with Gasteiger partial charge in [0.25, 0.3) is 0 Å². The molecule has 0 amide bonds. The molecule has 0 saturated carbocycles. The van der Waals surface area contributed by atoms with Gasteiger partial charge in [0.2, 0.25) is 0 Å². The summed E-state index contributed by atoms with van der Waals surface area (Å²) in [6, 6.07) is 5.32. The van der Waals surface area contributed by atoms with Gasteiger partial charge in [0.15, 0.2) is 0 Å². The van der Waals surface area contributed by atoms with Crippen molar-refractivity contribution < 1.29 is 19.4 Å². The second-order valence-corrected chi connectivity index (χ2v) is 7.41. The van der Waals surface area contributed by atoms with Gasteiger partial charge in [0, 0.05) is 59.8 Å². The van der Waals surface area contributed by atoms with Crippen molar-refractivity contribution in [1.82, 2.24) is 15.3 Å². The normalized spacial score (nSPS) is 16.9. The number of aromatic carboxylic acids is 1. The van der Waals surface area contributed by atoms with Crippen LogP contribution >= 0.6 is 11.6 Å². The van der Waals surface area contributed by atoms with E-state index in [4.69, 9.17) is 26.1 Å². The van der Waals surface area contributed by atoms with E-state index in [2.05, 4.69) is 15.2 Å². The van der Waals surface area contributed by atoms with Crippen LogP contribution < -0.4 is 10.2 Å². The summed E-state index contributed by atoms with van der Waals surface area (Å²) in [6.07, 6.45) is 3.04. The lowest BCUT2D eigenvalue weighted by molar-refractivity contribution is 0.0698. The number of aromatic nitrogens is 2. The number of hydrogen-bond donors (Lipinski definition) is 2. The van der Waals surface area contributed by atoms with E-state index in [0.29, 0.717) is 53.0 Å². The summed E-state index contributed by atoms with van der Waals surface area (Å²) in [5, 5.41) is 15.3. The van der Waals surface area contributed by atoms with Crippen LogP contribution in [0.15, 0.2) is 30.6 Å². The quantitative estimate of drug-likeness (QED) is 0.599. The predicted octanol–water partition coefficient (Wildman–Crippen LogP) is 2.58. The zero-order valence-corrected chi connectivity index (χ0v) is 17.2. The van der Waals surface area contributed by atoms with Gasteiger partial charge in [0.1, 0.15) is 5.82 Å². The van der Waals surface area contributed by atoms with Crippen molar-refractivity contribution in [1.29, 1.82) is 0 Å². The van der Waals surface area contributed by atoms with Gasteiger partial charge in [-0.15, -0.1) is 0 Å². The smallest absolute Gasteiger partial charge is 0.337 e. The first-order valence-electron chi connectivity index (χ1n) is 9.86. The average Bonchev–Trinajstić information content (AvgIpc) is 2.80. The Bertz CT molecular complexity index is 1040. The number of ether oxygens (including phenoxy) is 2. The molecule has 2 N–H and O–H groups in total. The molecule has 30 heavy (non-hydrogen) atoms. The van der Waals surface area contributed by atoms with Crippen molar-refractivity contribution in [3.8, 4) is 0 Å². The summed E-state index contributed by atoms with van der Waals surface area (Å²) in [5.74, 6) is -0.285. The fourth-order valence-electron chi connectivity index (χ4n) is 3.59. The van der Waals surface area contributed by atoms with E-state index >= 15 is 0 Å². The lowest BCUT2D eigenvalue weighted by Gasteiger charge is -2.29. The Labute approximate surface area is 178 Å². The Kier molecular flexibility index (Phi) is 6.59. The Morgan fingerprint density at radius 1 is 1.07 bits per heavy atom. The highest BCUT2D eigenvalue weighted by molar-refractivity contribution is 6.32. The van der Waals surface area contributed by atoms with Crippen molar-refractivity contribution in [3.05, 3.63) is 41.2 Å². The largest absolute Gasteiger partial charge is 0.478 e. The molecule has 2 aliphatic heterocycles. The third-order valence-corrected chi connectivity index (χ3v) is 5.26. The van der Waals surface area contributed by atoms with Crippen molar-refractivity contribution in [3.63, 3.8) is 0 Å². The van der Waals surface area contributed by atoms with Crippen LogP contribution in [0.3, 0.4) is 0 Å². The van der Waals surface area contributed by atoms with E-state index in [1.54, 1.807) is 18.3 Å². The average molecular weight is 431 g/mol. The minimum absolute atomic E-state index is 0.150. The molecule has 0 atom stereocenters. The number of rotatable bonds is 2. The van der Waals surface area contributed by atoms with Crippen LogP contribution in [0.4, 0.5) is 5.82 Å². The van der Waals surface area contributed by atoms with E-state index < -0.39 is 5.97 Å². The molecule has 5 rings (SSSR count). The first-order chi connectivity index (χ1) is 14.6. The highest BCUT2D eigenvalue weighted by Crippen LogP contribution is 2.34. The molecule has 158 valence electrons. The van der Waals surface area contributed by atoms with Crippen molar-refractivity contribution in [2.24, 2.45) is 0 Å². The van der Waals surface area contributed by atoms with Crippen LogP contribution in [0.1, 0.15) is 10.4 Å². The summed E-state index contributed by atoms with van der Waals surface area (Å²) in [5.41, 5.74) is 0.860. The molecule has 2 saturated heterocycles. The Balaban J connectivity index is 0.000000313. The van der Waals surface area contributed by atoms with E-state index in [9.17, 15) is 9.90 Å². The lowest BCUT2D eigenvalue weighted by atomic mass is 10.0. The molecule has 0 spiro atoms. The number of nitrogens with one attached hydrogen (secondary N) is 1. The molecular formula is C21H23ClN4O4. The van der Waals surface area contributed by atoms with Crippen LogP contribution in [0.5, 0.6) is 0 Å². The van der Waals surface area contributed by atoms with Gasteiger partial charge in [0.05, 0.1) is 37.5 Å². The monoisotopic (exact) mass is 430 g/mol. The van der Waals surface area contributed by atoms with E-state index in [1.807, 2.05) is 6.07 Å². The van der Waals surface area contributed by atoms with E-state index in [1.165, 1.54) is 6.20 Å².